The van der Waals surface area contributed by atoms with E-state index in [1.165, 1.54) is 5.56 Å². The lowest BCUT2D eigenvalue weighted by atomic mass is 9.90. The summed E-state index contributed by atoms with van der Waals surface area (Å²) < 4.78 is 5.21. The molecule has 1 atom stereocenters. The Balaban J connectivity index is 1.90. The minimum Gasteiger partial charge on any atom is -0.508 e. The highest BCUT2D eigenvalue weighted by Crippen LogP contribution is 2.35. The summed E-state index contributed by atoms with van der Waals surface area (Å²) in [6.07, 6.45) is 1.74. The lowest BCUT2D eigenvalue weighted by molar-refractivity contribution is 0.370. The summed E-state index contributed by atoms with van der Waals surface area (Å²) >= 11 is 0. The maximum atomic E-state index is 9.90. The van der Waals surface area contributed by atoms with E-state index in [-0.39, 0.29) is 17.5 Å². The van der Waals surface area contributed by atoms with Gasteiger partial charge in [-0.05, 0) is 60.3 Å². The van der Waals surface area contributed by atoms with Crippen LogP contribution in [0, 0.1) is 0 Å². The molecule has 0 saturated heterocycles. The molecule has 110 valence electrons. The Hall–Kier alpha value is -2.20. The minimum atomic E-state index is 0.188. The van der Waals surface area contributed by atoms with Crippen molar-refractivity contribution in [3.63, 3.8) is 0 Å². The van der Waals surface area contributed by atoms with Crippen molar-refractivity contribution in [2.24, 2.45) is 0 Å². The van der Waals surface area contributed by atoms with Crippen molar-refractivity contribution in [1.82, 2.24) is 5.32 Å². The van der Waals surface area contributed by atoms with Crippen LogP contribution in [0.4, 0.5) is 0 Å². The Morgan fingerprint density at radius 3 is 2.67 bits per heavy atom. The standard InChI is InChI=1S/C17H19NO3/c1-21-17-10-14-12(9-16(17)20)6-7-18-15(14)8-11-2-4-13(19)5-3-11/h2-5,9-10,15,18-20H,6-8H2,1H3/t15-/m1/s1. The zero-order valence-electron chi connectivity index (χ0n) is 12.0. The van der Waals surface area contributed by atoms with Gasteiger partial charge in [0.2, 0.25) is 0 Å². The predicted molar refractivity (Wildman–Crippen MR) is 80.9 cm³/mol. The minimum absolute atomic E-state index is 0.188. The second-order valence-corrected chi connectivity index (χ2v) is 5.35. The molecule has 0 aromatic heterocycles. The second-order valence-electron chi connectivity index (χ2n) is 5.35. The number of fused-ring (bicyclic) bond motifs is 1. The molecule has 0 aliphatic carbocycles. The van der Waals surface area contributed by atoms with Crippen molar-refractivity contribution in [1.29, 1.82) is 0 Å². The number of phenols is 2. The Bertz CT molecular complexity index is 637. The van der Waals surface area contributed by atoms with Crippen molar-refractivity contribution in [3.05, 3.63) is 53.1 Å². The maximum Gasteiger partial charge on any atom is 0.160 e. The molecule has 3 rings (SSSR count). The zero-order valence-corrected chi connectivity index (χ0v) is 12.0. The van der Waals surface area contributed by atoms with E-state index in [9.17, 15) is 10.2 Å². The normalized spacial score (nSPS) is 17.3. The Morgan fingerprint density at radius 2 is 1.95 bits per heavy atom. The topological polar surface area (TPSA) is 61.7 Å². The van der Waals surface area contributed by atoms with Gasteiger partial charge in [-0.15, -0.1) is 0 Å². The predicted octanol–water partition coefficient (Wildman–Crippen LogP) is 2.54. The summed E-state index contributed by atoms with van der Waals surface area (Å²) in [7, 11) is 1.56. The zero-order chi connectivity index (χ0) is 14.8. The lowest BCUT2D eigenvalue weighted by Crippen LogP contribution is -2.31. The van der Waals surface area contributed by atoms with E-state index in [4.69, 9.17) is 4.74 Å². The highest BCUT2D eigenvalue weighted by atomic mass is 16.5. The van der Waals surface area contributed by atoms with E-state index in [1.54, 1.807) is 25.3 Å². The molecule has 0 bridgehead atoms. The van der Waals surface area contributed by atoms with Crippen LogP contribution in [0.25, 0.3) is 0 Å². The van der Waals surface area contributed by atoms with Gasteiger partial charge in [0.25, 0.3) is 0 Å². The molecule has 1 aliphatic rings. The summed E-state index contributed by atoms with van der Waals surface area (Å²) in [5.74, 6) is 0.983. The van der Waals surface area contributed by atoms with Gasteiger partial charge in [0.1, 0.15) is 5.75 Å². The van der Waals surface area contributed by atoms with E-state index < -0.39 is 0 Å². The largest absolute Gasteiger partial charge is 0.508 e. The van der Waals surface area contributed by atoms with Gasteiger partial charge in [0.05, 0.1) is 7.11 Å². The van der Waals surface area contributed by atoms with E-state index in [0.29, 0.717) is 5.75 Å². The number of methoxy groups -OCH3 is 1. The smallest absolute Gasteiger partial charge is 0.160 e. The number of nitrogens with one attached hydrogen (secondary N) is 1. The van der Waals surface area contributed by atoms with E-state index in [2.05, 4.69) is 5.32 Å². The van der Waals surface area contributed by atoms with Gasteiger partial charge < -0.3 is 20.3 Å². The SMILES string of the molecule is COc1cc2c(cc1O)CCN[C@@H]2Cc1ccc(O)cc1. The molecule has 0 fully saturated rings. The number of aromatic hydroxyl groups is 2. The van der Waals surface area contributed by atoms with Crippen LogP contribution in [-0.4, -0.2) is 23.9 Å². The third-order valence-electron chi connectivity index (χ3n) is 3.98. The maximum absolute atomic E-state index is 9.90. The van der Waals surface area contributed by atoms with Crippen molar-refractivity contribution in [2.45, 2.75) is 18.9 Å². The van der Waals surface area contributed by atoms with Crippen molar-refractivity contribution < 1.29 is 14.9 Å². The average Bonchev–Trinajstić information content (AvgIpc) is 2.49. The first-order valence-corrected chi connectivity index (χ1v) is 7.08. The van der Waals surface area contributed by atoms with Crippen molar-refractivity contribution in [3.8, 4) is 17.2 Å². The van der Waals surface area contributed by atoms with Crippen LogP contribution < -0.4 is 10.1 Å². The van der Waals surface area contributed by atoms with Crippen LogP contribution in [0.3, 0.4) is 0 Å². The summed E-state index contributed by atoms with van der Waals surface area (Å²) in [6.45, 7) is 0.890. The molecule has 0 radical (unpaired) electrons. The number of rotatable bonds is 3. The molecule has 2 aromatic carbocycles. The Labute approximate surface area is 124 Å². The molecule has 4 heteroatoms. The van der Waals surface area contributed by atoms with Gasteiger partial charge in [-0.25, -0.2) is 0 Å². The Kier molecular flexibility index (Phi) is 3.71. The summed E-state index contributed by atoms with van der Waals surface area (Å²) in [4.78, 5) is 0. The summed E-state index contributed by atoms with van der Waals surface area (Å²) in [5.41, 5.74) is 3.49. The third-order valence-corrected chi connectivity index (χ3v) is 3.98. The first kappa shape index (κ1) is 13.8. The molecule has 0 saturated carbocycles. The van der Waals surface area contributed by atoms with E-state index in [0.717, 1.165) is 30.5 Å². The molecule has 4 nitrogen and oxygen atoms in total. The highest BCUT2D eigenvalue weighted by Gasteiger charge is 2.22. The second kappa shape index (κ2) is 5.66. The fourth-order valence-electron chi connectivity index (χ4n) is 2.87. The fraction of sp³-hybridized carbons (Fsp3) is 0.294. The monoisotopic (exact) mass is 285 g/mol. The highest BCUT2D eigenvalue weighted by molar-refractivity contribution is 5.49. The molecule has 0 unspecified atom stereocenters. The van der Waals surface area contributed by atoms with Crippen LogP contribution in [0.1, 0.15) is 22.7 Å². The molecule has 0 spiro atoms. The van der Waals surface area contributed by atoms with E-state index >= 15 is 0 Å². The van der Waals surface area contributed by atoms with E-state index in [1.807, 2.05) is 18.2 Å². The molecule has 1 heterocycles. The van der Waals surface area contributed by atoms with Crippen LogP contribution in [0.15, 0.2) is 36.4 Å². The fourth-order valence-corrected chi connectivity index (χ4v) is 2.87. The van der Waals surface area contributed by atoms with Crippen LogP contribution in [-0.2, 0) is 12.8 Å². The number of ether oxygens (including phenoxy) is 1. The number of benzene rings is 2. The molecule has 1 aliphatic heterocycles. The average molecular weight is 285 g/mol. The van der Waals surface area contributed by atoms with Gasteiger partial charge in [0, 0.05) is 6.04 Å². The van der Waals surface area contributed by atoms with Gasteiger partial charge in [-0.3, -0.25) is 0 Å². The van der Waals surface area contributed by atoms with Crippen LogP contribution in [0.5, 0.6) is 17.2 Å². The van der Waals surface area contributed by atoms with Gasteiger partial charge >= 0.3 is 0 Å². The van der Waals surface area contributed by atoms with Gasteiger partial charge in [-0.2, -0.15) is 0 Å². The van der Waals surface area contributed by atoms with Gasteiger partial charge in [-0.1, -0.05) is 12.1 Å². The molecular formula is C17H19NO3. The number of hydrogen-bond acceptors (Lipinski definition) is 4. The first-order valence-electron chi connectivity index (χ1n) is 7.08. The first-order chi connectivity index (χ1) is 10.2. The van der Waals surface area contributed by atoms with Gasteiger partial charge in [0.15, 0.2) is 11.5 Å². The lowest BCUT2D eigenvalue weighted by Gasteiger charge is -2.28. The molecule has 2 aromatic rings. The summed E-state index contributed by atoms with van der Waals surface area (Å²) in [5, 5.41) is 22.8. The molecular weight excluding hydrogens is 266 g/mol. The number of phenolic OH excluding ortho intramolecular Hbond substituents is 2. The molecule has 0 amide bonds. The van der Waals surface area contributed by atoms with Crippen LogP contribution >= 0.6 is 0 Å². The quantitative estimate of drug-likeness (QED) is 0.811. The summed E-state index contributed by atoms with van der Waals surface area (Å²) in [6, 6.07) is 11.2. The molecule has 3 N–H and O–H groups in total. The van der Waals surface area contributed by atoms with Crippen LogP contribution in [0.2, 0.25) is 0 Å². The van der Waals surface area contributed by atoms with Crippen molar-refractivity contribution >= 4 is 0 Å². The van der Waals surface area contributed by atoms with Crippen molar-refractivity contribution in [2.75, 3.05) is 13.7 Å². The Morgan fingerprint density at radius 1 is 1.19 bits per heavy atom. The molecule has 21 heavy (non-hydrogen) atoms. The third kappa shape index (κ3) is 2.81. The number of hydrogen-bond donors (Lipinski definition) is 3.